The Morgan fingerprint density at radius 3 is 2.26 bits per heavy atom. The van der Waals surface area contributed by atoms with Crippen LogP contribution in [0.2, 0.25) is 0 Å². The van der Waals surface area contributed by atoms with Crippen LogP contribution in [-0.4, -0.2) is 21.9 Å². The van der Waals surface area contributed by atoms with Crippen LogP contribution in [0, 0.1) is 0 Å². The fraction of sp³-hybridized carbons (Fsp3) is 0.450. The zero-order chi connectivity index (χ0) is 17.0. The number of nitrogens with zero attached hydrogens (tertiary/aromatic N) is 2. The summed E-state index contributed by atoms with van der Waals surface area (Å²) in [6.45, 7) is 10.1. The summed E-state index contributed by atoms with van der Waals surface area (Å²) in [5, 5.41) is 0. The number of aromatic nitrogens is 1. The van der Waals surface area contributed by atoms with Crippen molar-refractivity contribution in [3.05, 3.63) is 59.4 Å². The maximum absolute atomic E-state index is 12.8. The van der Waals surface area contributed by atoms with Crippen LogP contribution in [0.4, 0.5) is 0 Å². The van der Waals surface area contributed by atoms with Gasteiger partial charge in [-0.25, -0.2) is 0 Å². The van der Waals surface area contributed by atoms with Crippen molar-refractivity contribution in [1.82, 2.24) is 9.47 Å². The fourth-order valence-corrected chi connectivity index (χ4v) is 2.67. The van der Waals surface area contributed by atoms with E-state index in [1.54, 1.807) is 0 Å². The van der Waals surface area contributed by atoms with E-state index in [2.05, 4.69) is 50.5 Å². The minimum Gasteiger partial charge on any atom is -0.353 e. The molecule has 0 bridgehead atoms. The molecule has 1 amide bonds. The Balaban J connectivity index is 2.19. The van der Waals surface area contributed by atoms with Gasteiger partial charge in [0.15, 0.2) is 0 Å². The zero-order valence-electron chi connectivity index (χ0n) is 15.0. The number of carbonyl (C=O) groups is 1. The average molecular weight is 312 g/mol. The lowest BCUT2D eigenvalue weighted by Gasteiger charge is -2.23. The molecule has 0 atom stereocenters. The Kier molecular flexibility index (Phi) is 5.30. The van der Waals surface area contributed by atoms with Gasteiger partial charge in [-0.1, -0.05) is 39.8 Å². The topological polar surface area (TPSA) is 25.2 Å². The standard InChI is InChI=1S/C20H28N2O/c1-6-13-22(15-18-8-7-14-21(18)5)19(23)16-9-11-17(12-10-16)20(2,3)4/h7-12,14H,6,13,15H2,1-5H3. The highest BCUT2D eigenvalue weighted by Gasteiger charge is 2.18. The van der Waals surface area contributed by atoms with Gasteiger partial charge >= 0.3 is 0 Å². The number of hydrogen-bond acceptors (Lipinski definition) is 1. The first-order valence-electron chi connectivity index (χ1n) is 8.33. The van der Waals surface area contributed by atoms with Crippen LogP contribution in [0.5, 0.6) is 0 Å². The predicted octanol–water partition coefficient (Wildman–Crippen LogP) is 4.38. The molecule has 2 rings (SSSR count). The van der Waals surface area contributed by atoms with Crippen molar-refractivity contribution in [3.63, 3.8) is 0 Å². The fourth-order valence-electron chi connectivity index (χ4n) is 2.67. The third-order valence-electron chi connectivity index (χ3n) is 4.18. The summed E-state index contributed by atoms with van der Waals surface area (Å²) in [6, 6.07) is 12.1. The van der Waals surface area contributed by atoms with Gasteiger partial charge in [0.05, 0.1) is 6.54 Å². The van der Waals surface area contributed by atoms with Crippen molar-refractivity contribution < 1.29 is 4.79 Å². The first-order chi connectivity index (χ1) is 10.8. The molecule has 0 saturated carbocycles. The van der Waals surface area contributed by atoms with Gasteiger partial charge in [-0.15, -0.1) is 0 Å². The van der Waals surface area contributed by atoms with Gasteiger partial charge in [-0.05, 0) is 41.7 Å². The summed E-state index contributed by atoms with van der Waals surface area (Å²) < 4.78 is 2.07. The van der Waals surface area contributed by atoms with Crippen molar-refractivity contribution in [2.75, 3.05) is 6.54 Å². The van der Waals surface area contributed by atoms with E-state index in [4.69, 9.17) is 0 Å². The number of carbonyl (C=O) groups excluding carboxylic acids is 1. The number of hydrogen-bond donors (Lipinski definition) is 0. The maximum atomic E-state index is 12.8. The molecule has 3 heteroatoms. The lowest BCUT2D eigenvalue weighted by Crippen LogP contribution is -2.32. The highest BCUT2D eigenvalue weighted by Crippen LogP contribution is 2.22. The molecule has 124 valence electrons. The minimum atomic E-state index is 0.105. The first kappa shape index (κ1) is 17.3. The summed E-state index contributed by atoms with van der Waals surface area (Å²) in [5.41, 5.74) is 3.27. The van der Waals surface area contributed by atoms with E-state index in [0.717, 1.165) is 24.2 Å². The molecule has 1 aromatic heterocycles. The molecule has 1 aromatic carbocycles. The molecule has 23 heavy (non-hydrogen) atoms. The van der Waals surface area contributed by atoms with E-state index in [9.17, 15) is 4.79 Å². The van der Waals surface area contributed by atoms with E-state index in [1.165, 1.54) is 5.56 Å². The van der Waals surface area contributed by atoms with E-state index in [0.29, 0.717) is 6.54 Å². The molecular weight excluding hydrogens is 284 g/mol. The van der Waals surface area contributed by atoms with Crippen molar-refractivity contribution in [1.29, 1.82) is 0 Å². The van der Waals surface area contributed by atoms with Crippen LogP contribution >= 0.6 is 0 Å². The summed E-state index contributed by atoms with van der Waals surface area (Å²) in [6.07, 6.45) is 2.97. The monoisotopic (exact) mass is 312 g/mol. The summed E-state index contributed by atoms with van der Waals surface area (Å²) >= 11 is 0. The summed E-state index contributed by atoms with van der Waals surface area (Å²) in [5.74, 6) is 0.105. The van der Waals surface area contributed by atoms with E-state index in [-0.39, 0.29) is 11.3 Å². The van der Waals surface area contributed by atoms with Crippen molar-refractivity contribution >= 4 is 5.91 Å². The lowest BCUT2D eigenvalue weighted by molar-refractivity contribution is 0.0740. The van der Waals surface area contributed by atoms with Gasteiger partial charge in [0.2, 0.25) is 0 Å². The highest BCUT2D eigenvalue weighted by molar-refractivity contribution is 5.94. The highest BCUT2D eigenvalue weighted by atomic mass is 16.2. The largest absolute Gasteiger partial charge is 0.353 e. The number of benzene rings is 1. The molecule has 0 aliphatic heterocycles. The molecule has 0 aliphatic rings. The van der Waals surface area contributed by atoms with Crippen LogP contribution in [0.3, 0.4) is 0 Å². The van der Waals surface area contributed by atoms with Crippen molar-refractivity contribution in [2.45, 2.75) is 46.1 Å². The molecule has 0 unspecified atom stereocenters. The molecule has 0 N–H and O–H groups in total. The Labute approximate surface area is 139 Å². The van der Waals surface area contributed by atoms with Crippen LogP contribution in [0.15, 0.2) is 42.6 Å². The molecule has 1 heterocycles. The van der Waals surface area contributed by atoms with Gasteiger partial charge in [-0.3, -0.25) is 4.79 Å². The van der Waals surface area contributed by atoms with E-state index >= 15 is 0 Å². The predicted molar refractivity (Wildman–Crippen MR) is 95.6 cm³/mol. The van der Waals surface area contributed by atoms with E-state index in [1.807, 2.05) is 36.3 Å². The average Bonchev–Trinajstić information content (AvgIpc) is 2.90. The Hall–Kier alpha value is -2.03. The van der Waals surface area contributed by atoms with Crippen LogP contribution in [0.1, 0.15) is 55.7 Å². The maximum Gasteiger partial charge on any atom is 0.254 e. The number of amides is 1. The molecule has 0 aliphatic carbocycles. The normalized spacial score (nSPS) is 11.5. The van der Waals surface area contributed by atoms with Gasteiger partial charge in [-0.2, -0.15) is 0 Å². The Morgan fingerprint density at radius 2 is 1.78 bits per heavy atom. The second-order valence-electron chi connectivity index (χ2n) is 7.16. The third kappa shape index (κ3) is 4.25. The SMILES string of the molecule is CCCN(Cc1cccn1C)C(=O)c1ccc(C(C)(C)C)cc1. The smallest absolute Gasteiger partial charge is 0.254 e. The molecule has 0 spiro atoms. The van der Waals surface area contributed by atoms with Crippen LogP contribution < -0.4 is 0 Å². The number of aryl methyl sites for hydroxylation is 1. The zero-order valence-corrected chi connectivity index (χ0v) is 15.0. The first-order valence-corrected chi connectivity index (χ1v) is 8.33. The quantitative estimate of drug-likeness (QED) is 0.804. The molecule has 0 saturated heterocycles. The second kappa shape index (κ2) is 7.03. The van der Waals surface area contributed by atoms with Gasteiger partial charge in [0, 0.05) is 31.0 Å². The summed E-state index contributed by atoms with van der Waals surface area (Å²) in [7, 11) is 2.02. The van der Waals surface area contributed by atoms with E-state index < -0.39 is 0 Å². The second-order valence-corrected chi connectivity index (χ2v) is 7.16. The minimum absolute atomic E-state index is 0.105. The lowest BCUT2D eigenvalue weighted by atomic mass is 9.86. The molecular formula is C20H28N2O. The number of rotatable bonds is 5. The Bertz CT molecular complexity index is 647. The van der Waals surface area contributed by atoms with Crippen molar-refractivity contribution in [3.8, 4) is 0 Å². The van der Waals surface area contributed by atoms with Gasteiger partial charge < -0.3 is 9.47 Å². The van der Waals surface area contributed by atoms with Gasteiger partial charge in [0.1, 0.15) is 0 Å². The van der Waals surface area contributed by atoms with Crippen molar-refractivity contribution in [2.24, 2.45) is 7.05 Å². The Morgan fingerprint density at radius 1 is 1.13 bits per heavy atom. The summed E-state index contributed by atoms with van der Waals surface area (Å²) in [4.78, 5) is 14.8. The molecule has 0 fully saturated rings. The van der Waals surface area contributed by atoms with Gasteiger partial charge in [0.25, 0.3) is 5.91 Å². The third-order valence-corrected chi connectivity index (χ3v) is 4.18. The molecule has 0 radical (unpaired) electrons. The molecule has 3 nitrogen and oxygen atoms in total. The van der Waals surface area contributed by atoms with Crippen LogP contribution in [-0.2, 0) is 19.0 Å². The van der Waals surface area contributed by atoms with Crippen LogP contribution in [0.25, 0.3) is 0 Å². The molecule has 2 aromatic rings.